The molecule has 4 aromatic carbocycles. The number of hydrogen-bond acceptors (Lipinski definition) is 7. The SMILES string of the molecule is COc1ccc(C(OC[C@H]2O[C@@H](n3cnc4c(F)cc(F)cc43)[C@H](O[Si](C)(C)C(C)(C)C)[C@@H]2O)(c2ccccc2)c2ccc(OC)cc2)cc1. The van der Waals surface area contributed by atoms with Crippen LogP contribution in [0.5, 0.6) is 11.5 Å². The molecule has 6 rings (SSSR count). The number of rotatable bonds is 11. The normalized spacial score (nSPS) is 20.0. The average molecular weight is 703 g/mol. The number of hydrogen-bond donors (Lipinski definition) is 1. The third-order valence-electron chi connectivity index (χ3n) is 10.1. The highest BCUT2D eigenvalue weighted by molar-refractivity contribution is 6.74. The summed E-state index contributed by atoms with van der Waals surface area (Å²) in [4.78, 5) is 4.23. The first-order valence-electron chi connectivity index (χ1n) is 16.6. The molecule has 0 spiro atoms. The van der Waals surface area contributed by atoms with Crippen molar-refractivity contribution < 1.29 is 37.3 Å². The lowest BCUT2D eigenvalue weighted by Gasteiger charge is -2.40. The fourth-order valence-corrected chi connectivity index (χ4v) is 7.56. The van der Waals surface area contributed by atoms with Crippen molar-refractivity contribution in [2.75, 3.05) is 20.8 Å². The third kappa shape index (κ3) is 6.56. The minimum absolute atomic E-state index is 0.00243. The molecular formula is C39H44F2N2O6Si. The molecule has 0 saturated carbocycles. The van der Waals surface area contributed by atoms with Gasteiger partial charge in [0.1, 0.15) is 46.7 Å². The Kier molecular flexibility index (Phi) is 9.91. The second kappa shape index (κ2) is 13.9. The lowest BCUT2D eigenvalue weighted by atomic mass is 9.80. The van der Waals surface area contributed by atoms with Gasteiger partial charge in [0.05, 0.1) is 32.7 Å². The van der Waals surface area contributed by atoms with Crippen LogP contribution in [0.3, 0.4) is 0 Å². The number of aliphatic hydroxyl groups is 1. The second-order valence-corrected chi connectivity index (χ2v) is 18.9. The molecular weight excluding hydrogens is 659 g/mol. The smallest absolute Gasteiger partial charge is 0.192 e. The van der Waals surface area contributed by atoms with Gasteiger partial charge in [-0.05, 0) is 59.1 Å². The van der Waals surface area contributed by atoms with Crippen LogP contribution in [0, 0.1) is 11.6 Å². The van der Waals surface area contributed by atoms with E-state index in [9.17, 15) is 13.9 Å². The van der Waals surface area contributed by atoms with E-state index in [1.54, 1.807) is 18.8 Å². The zero-order valence-corrected chi connectivity index (χ0v) is 30.4. The molecule has 1 N–H and O–H groups in total. The van der Waals surface area contributed by atoms with Crippen LogP contribution in [0.25, 0.3) is 11.0 Å². The van der Waals surface area contributed by atoms with Gasteiger partial charge < -0.3 is 33.0 Å². The first kappa shape index (κ1) is 35.7. The standard InChI is InChI=1S/C39H44F2N2O6Si/c1-38(2,3)50(6,7)49-36-35(44)33(48-37(36)43-24-42-34-31(41)21-28(40)22-32(34)43)23-47-39(25-11-9-8-10-12-25,26-13-17-29(45-4)18-14-26)27-15-19-30(46-5)20-16-27/h8-22,24,33,35-37,44H,23H2,1-7H3/t33-,35-,36-,37-/m1/s1. The maximum Gasteiger partial charge on any atom is 0.192 e. The Morgan fingerprint density at radius 1 is 0.840 bits per heavy atom. The van der Waals surface area contributed by atoms with Gasteiger partial charge in [-0.2, -0.15) is 0 Å². The van der Waals surface area contributed by atoms with E-state index >= 15 is 0 Å². The largest absolute Gasteiger partial charge is 0.497 e. The Morgan fingerprint density at radius 2 is 1.40 bits per heavy atom. The van der Waals surface area contributed by atoms with Crippen LogP contribution in [0.4, 0.5) is 8.78 Å². The van der Waals surface area contributed by atoms with Crippen LogP contribution in [-0.2, 0) is 19.5 Å². The number of aromatic nitrogens is 2. The summed E-state index contributed by atoms with van der Waals surface area (Å²) >= 11 is 0. The number of ether oxygens (including phenoxy) is 4. The van der Waals surface area contributed by atoms with Crippen molar-refractivity contribution >= 4 is 19.4 Å². The fourth-order valence-electron chi connectivity index (χ4n) is 6.27. The molecule has 1 aliphatic heterocycles. The van der Waals surface area contributed by atoms with Crippen LogP contribution in [0.2, 0.25) is 18.1 Å². The van der Waals surface area contributed by atoms with Crippen LogP contribution in [0.1, 0.15) is 43.7 Å². The van der Waals surface area contributed by atoms with Crippen LogP contribution in [-0.4, -0.2) is 62.1 Å². The quantitative estimate of drug-likeness (QED) is 0.110. The molecule has 1 saturated heterocycles. The van der Waals surface area contributed by atoms with Gasteiger partial charge in [-0.3, -0.25) is 0 Å². The maximum absolute atomic E-state index is 14.8. The Hall–Kier alpha value is -4.13. The highest BCUT2D eigenvalue weighted by Crippen LogP contribution is 2.45. The lowest BCUT2D eigenvalue weighted by molar-refractivity contribution is -0.0939. The molecule has 0 bridgehead atoms. The number of fused-ring (bicyclic) bond motifs is 1. The van der Waals surface area contributed by atoms with Crippen molar-refractivity contribution in [1.29, 1.82) is 0 Å². The number of aliphatic hydroxyl groups excluding tert-OH is 1. The molecule has 0 aliphatic carbocycles. The van der Waals surface area contributed by atoms with E-state index < -0.39 is 50.1 Å². The van der Waals surface area contributed by atoms with Gasteiger partial charge in [0.15, 0.2) is 20.4 Å². The molecule has 11 heteroatoms. The summed E-state index contributed by atoms with van der Waals surface area (Å²) in [7, 11) is 0.722. The van der Waals surface area contributed by atoms with Gasteiger partial charge in [0, 0.05) is 12.1 Å². The molecule has 264 valence electrons. The molecule has 1 fully saturated rings. The summed E-state index contributed by atoms with van der Waals surface area (Å²) in [5.74, 6) is -0.155. The summed E-state index contributed by atoms with van der Waals surface area (Å²) in [5, 5.41) is 11.8. The van der Waals surface area contributed by atoms with Gasteiger partial charge in [-0.1, -0.05) is 75.4 Å². The lowest BCUT2D eigenvalue weighted by Crippen LogP contribution is -2.49. The summed E-state index contributed by atoms with van der Waals surface area (Å²) in [6.45, 7) is 10.4. The van der Waals surface area contributed by atoms with Crippen molar-refractivity contribution in [2.24, 2.45) is 0 Å². The molecule has 4 atom stereocenters. The van der Waals surface area contributed by atoms with E-state index in [1.807, 2.05) is 78.9 Å². The van der Waals surface area contributed by atoms with Crippen molar-refractivity contribution in [3.63, 3.8) is 0 Å². The van der Waals surface area contributed by atoms with Crippen LogP contribution < -0.4 is 9.47 Å². The van der Waals surface area contributed by atoms with E-state index in [4.69, 9.17) is 23.4 Å². The summed E-state index contributed by atoms with van der Waals surface area (Å²) in [6.07, 6.45) is -2.50. The Bertz CT molecular complexity index is 1860. The highest BCUT2D eigenvalue weighted by Gasteiger charge is 2.51. The first-order valence-corrected chi connectivity index (χ1v) is 19.5. The molecule has 1 aromatic heterocycles. The molecule has 50 heavy (non-hydrogen) atoms. The third-order valence-corrected chi connectivity index (χ3v) is 14.5. The highest BCUT2D eigenvalue weighted by atomic mass is 28.4. The van der Waals surface area contributed by atoms with Crippen molar-refractivity contribution in [3.8, 4) is 11.5 Å². The fraction of sp³-hybridized carbons (Fsp3) is 0.359. The molecule has 1 aliphatic rings. The number of halogens is 2. The summed E-state index contributed by atoms with van der Waals surface area (Å²) in [6, 6.07) is 27.2. The maximum atomic E-state index is 14.8. The minimum atomic E-state index is -2.51. The van der Waals surface area contributed by atoms with Gasteiger partial charge in [-0.25, -0.2) is 13.8 Å². The molecule has 8 nitrogen and oxygen atoms in total. The van der Waals surface area contributed by atoms with E-state index in [1.165, 1.54) is 12.4 Å². The van der Waals surface area contributed by atoms with Gasteiger partial charge >= 0.3 is 0 Å². The van der Waals surface area contributed by atoms with Crippen molar-refractivity contribution in [3.05, 3.63) is 126 Å². The number of nitrogens with zero attached hydrogens (tertiary/aromatic N) is 2. The van der Waals surface area contributed by atoms with Gasteiger partial charge in [0.2, 0.25) is 0 Å². The average Bonchev–Trinajstić information content (AvgIpc) is 3.65. The minimum Gasteiger partial charge on any atom is -0.497 e. The van der Waals surface area contributed by atoms with Crippen LogP contribution >= 0.6 is 0 Å². The van der Waals surface area contributed by atoms with E-state index in [0.29, 0.717) is 11.5 Å². The summed E-state index contributed by atoms with van der Waals surface area (Å²) < 4.78 is 62.3. The molecule has 0 amide bonds. The van der Waals surface area contributed by atoms with Gasteiger partial charge in [-0.15, -0.1) is 0 Å². The van der Waals surface area contributed by atoms with E-state index in [0.717, 1.165) is 22.8 Å². The Balaban J connectivity index is 1.44. The number of methoxy groups -OCH3 is 2. The Labute approximate surface area is 292 Å². The van der Waals surface area contributed by atoms with E-state index in [-0.39, 0.29) is 22.7 Å². The molecule has 5 aromatic rings. The van der Waals surface area contributed by atoms with Crippen molar-refractivity contribution in [1.82, 2.24) is 9.55 Å². The molecule has 2 heterocycles. The molecule has 0 unspecified atom stereocenters. The predicted molar refractivity (Wildman–Crippen MR) is 190 cm³/mol. The monoisotopic (exact) mass is 702 g/mol. The topological polar surface area (TPSA) is 84.2 Å². The summed E-state index contributed by atoms with van der Waals surface area (Å²) in [5.41, 5.74) is 1.52. The van der Waals surface area contributed by atoms with E-state index in [2.05, 4.69) is 38.8 Å². The Morgan fingerprint density at radius 3 is 1.94 bits per heavy atom. The number of imidazole rings is 1. The predicted octanol–water partition coefficient (Wildman–Crippen LogP) is 7.99. The zero-order chi connectivity index (χ0) is 35.8. The number of benzene rings is 4. The van der Waals surface area contributed by atoms with Crippen LogP contribution in [0.15, 0.2) is 97.3 Å². The van der Waals surface area contributed by atoms with Crippen molar-refractivity contribution in [2.45, 2.75) is 69.0 Å². The second-order valence-electron chi connectivity index (χ2n) is 14.1. The van der Waals surface area contributed by atoms with Gasteiger partial charge in [0.25, 0.3) is 0 Å². The first-order chi connectivity index (χ1) is 23.8. The molecule has 0 radical (unpaired) electrons. The zero-order valence-electron chi connectivity index (χ0n) is 29.4.